The van der Waals surface area contributed by atoms with Gasteiger partial charge >= 0.3 is 0 Å². The molecule has 2 aromatic carbocycles. The number of nitrogens with zero attached hydrogens (tertiary/aromatic N) is 3. The first-order valence-electron chi connectivity index (χ1n) is 9.12. The first-order chi connectivity index (χ1) is 13.8. The zero-order valence-corrected chi connectivity index (χ0v) is 15.3. The summed E-state index contributed by atoms with van der Waals surface area (Å²) in [5, 5.41) is 7.35. The van der Waals surface area contributed by atoms with Crippen molar-refractivity contribution in [2.24, 2.45) is 0 Å². The van der Waals surface area contributed by atoms with E-state index in [1.165, 1.54) is 0 Å². The molecule has 5 heteroatoms. The smallest absolute Gasteiger partial charge is 0.252 e. The maximum atomic E-state index is 12.9. The molecule has 138 valence electrons. The van der Waals surface area contributed by atoms with E-state index in [9.17, 15) is 4.79 Å². The number of nitrogens with one attached hydrogen (secondary N) is 1. The largest absolute Gasteiger partial charge is 0.341 e. The van der Waals surface area contributed by atoms with Gasteiger partial charge in [0, 0.05) is 30.4 Å². The van der Waals surface area contributed by atoms with Gasteiger partial charge in [-0.25, -0.2) is 0 Å². The quantitative estimate of drug-likeness (QED) is 0.562. The molecular weight excluding hydrogens is 348 g/mol. The highest BCUT2D eigenvalue weighted by atomic mass is 16.1. The van der Waals surface area contributed by atoms with Crippen LogP contribution in [0.4, 0.5) is 0 Å². The van der Waals surface area contributed by atoms with Crippen LogP contribution in [0.2, 0.25) is 0 Å². The Morgan fingerprint density at radius 3 is 2.25 bits per heavy atom. The van der Waals surface area contributed by atoms with Gasteiger partial charge in [-0.2, -0.15) is 5.10 Å². The number of rotatable bonds is 6. The zero-order chi connectivity index (χ0) is 19.2. The normalized spacial score (nSPS) is 11.7. The second kappa shape index (κ2) is 8.31. The first-order valence-corrected chi connectivity index (χ1v) is 9.12. The number of hydrogen-bond donors (Lipinski definition) is 1. The molecule has 1 atom stereocenters. The van der Waals surface area contributed by atoms with Crippen LogP contribution in [0.3, 0.4) is 0 Å². The van der Waals surface area contributed by atoms with Crippen LogP contribution in [0.15, 0.2) is 97.6 Å². The summed E-state index contributed by atoms with van der Waals surface area (Å²) in [5.41, 5.74) is 3.73. The van der Waals surface area contributed by atoms with Crippen molar-refractivity contribution in [3.8, 4) is 0 Å². The van der Waals surface area contributed by atoms with E-state index in [4.69, 9.17) is 0 Å². The number of amides is 1. The zero-order valence-electron chi connectivity index (χ0n) is 15.3. The van der Waals surface area contributed by atoms with Gasteiger partial charge in [0.2, 0.25) is 0 Å². The van der Waals surface area contributed by atoms with Crippen LogP contribution in [0, 0.1) is 0 Å². The van der Waals surface area contributed by atoms with E-state index in [-0.39, 0.29) is 11.9 Å². The lowest BCUT2D eigenvalue weighted by Crippen LogP contribution is -2.29. The fourth-order valence-corrected chi connectivity index (χ4v) is 3.12. The van der Waals surface area contributed by atoms with Crippen LogP contribution in [0.25, 0.3) is 0 Å². The molecule has 2 heterocycles. The average Bonchev–Trinajstić information content (AvgIpc) is 3.27. The second-order valence-corrected chi connectivity index (χ2v) is 6.50. The molecule has 0 bridgehead atoms. The van der Waals surface area contributed by atoms with E-state index in [0.29, 0.717) is 12.1 Å². The van der Waals surface area contributed by atoms with Crippen molar-refractivity contribution in [1.29, 1.82) is 0 Å². The Kier molecular flexibility index (Phi) is 5.24. The van der Waals surface area contributed by atoms with Crippen molar-refractivity contribution < 1.29 is 4.79 Å². The molecule has 28 heavy (non-hydrogen) atoms. The molecule has 1 amide bonds. The number of carbonyl (C=O) groups excluding carboxylic acids is 1. The number of hydrogen-bond acceptors (Lipinski definition) is 3. The number of aromatic nitrogens is 3. The summed E-state index contributed by atoms with van der Waals surface area (Å²) in [4.78, 5) is 17.0. The van der Waals surface area contributed by atoms with E-state index in [0.717, 1.165) is 16.7 Å². The average molecular weight is 368 g/mol. The van der Waals surface area contributed by atoms with Crippen molar-refractivity contribution in [2.45, 2.75) is 12.6 Å². The van der Waals surface area contributed by atoms with Gasteiger partial charge in [0.15, 0.2) is 0 Å². The van der Waals surface area contributed by atoms with Crippen molar-refractivity contribution in [2.75, 3.05) is 0 Å². The summed E-state index contributed by atoms with van der Waals surface area (Å²) in [7, 11) is 0. The molecule has 1 unspecified atom stereocenters. The molecule has 0 radical (unpaired) electrons. The van der Waals surface area contributed by atoms with Gasteiger partial charge in [0.25, 0.3) is 5.91 Å². The van der Waals surface area contributed by atoms with E-state index in [2.05, 4.69) is 15.4 Å². The monoisotopic (exact) mass is 368 g/mol. The molecule has 0 saturated heterocycles. The van der Waals surface area contributed by atoms with E-state index >= 15 is 0 Å². The van der Waals surface area contributed by atoms with Crippen molar-refractivity contribution in [3.05, 3.63) is 120 Å². The summed E-state index contributed by atoms with van der Waals surface area (Å²) in [6, 6.07) is 23.1. The molecule has 4 rings (SSSR count). The number of benzene rings is 2. The summed E-state index contributed by atoms with van der Waals surface area (Å²) >= 11 is 0. The Hall–Kier alpha value is -3.73. The SMILES string of the molecule is O=C(NC(c1ccccc1)c1ccncc1)c1ccc(Cn2cccn2)cc1. The number of pyridine rings is 1. The molecule has 0 aliphatic carbocycles. The van der Waals surface area contributed by atoms with Gasteiger partial charge < -0.3 is 5.32 Å². The van der Waals surface area contributed by atoms with Gasteiger partial charge in [-0.05, 0) is 47.0 Å². The van der Waals surface area contributed by atoms with Crippen LogP contribution in [0.5, 0.6) is 0 Å². The fraction of sp³-hybridized carbons (Fsp3) is 0.0870. The lowest BCUT2D eigenvalue weighted by molar-refractivity contribution is 0.0943. The highest BCUT2D eigenvalue weighted by Crippen LogP contribution is 2.22. The van der Waals surface area contributed by atoms with Crippen LogP contribution in [0.1, 0.15) is 33.1 Å². The molecule has 0 saturated carbocycles. The lowest BCUT2D eigenvalue weighted by atomic mass is 9.99. The van der Waals surface area contributed by atoms with Crippen LogP contribution in [-0.2, 0) is 6.54 Å². The highest BCUT2D eigenvalue weighted by Gasteiger charge is 2.17. The Labute approximate surface area is 163 Å². The summed E-state index contributed by atoms with van der Waals surface area (Å²) in [6.45, 7) is 0.679. The molecule has 5 nitrogen and oxygen atoms in total. The minimum Gasteiger partial charge on any atom is -0.341 e. The maximum Gasteiger partial charge on any atom is 0.252 e. The molecule has 2 aromatic heterocycles. The third kappa shape index (κ3) is 4.15. The Morgan fingerprint density at radius 1 is 0.857 bits per heavy atom. The van der Waals surface area contributed by atoms with Crippen LogP contribution >= 0.6 is 0 Å². The highest BCUT2D eigenvalue weighted by molar-refractivity contribution is 5.94. The van der Waals surface area contributed by atoms with Crippen LogP contribution in [-0.4, -0.2) is 20.7 Å². The molecule has 0 fully saturated rings. The van der Waals surface area contributed by atoms with Gasteiger partial charge in [0.05, 0.1) is 12.6 Å². The topological polar surface area (TPSA) is 59.8 Å². The van der Waals surface area contributed by atoms with Gasteiger partial charge in [0.1, 0.15) is 0 Å². The Morgan fingerprint density at radius 2 is 1.57 bits per heavy atom. The summed E-state index contributed by atoms with van der Waals surface area (Å²) < 4.78 is 1.85. The maximum absolute atomic E-state index is 12.9. The van der Waals surface area contributed by atoms with E-state index < -0.39 is 0 Å². The minimum absolute atomic E-state index is 0.115. The van der Waals surface area contributed by atoms with Crippen molar-refractivity contribution >= 4 is 5.91 Å². The third-order valence-corrected chi connectivity index (χ3v) is 4.57. The van der Waals surface area contributed by atoms with Gasteiger partial charge in [-0.1, -0.05) is 42.5 Å². The summed E-state index contributed by atoms with van der Waals surface area (Å²) in [5.74, 6) is -0.115. The standard InChI is InChI=1S/C23H20N4O/c28-23(21-9-7-18(8-10-21)17-27-16-4-13-25-27)26-22(19-5-2-1-3-6-19)20-11-14-24-15-12-20/h1-16,22H,17H2,(H,26,28). The molecule has 0 aliphatic rings. The first kappa shape index (κ1) is 17.7. The predicted molar refractivity (Wildman–Crippen MR) is 108 cm³/mol. The van der Waals surface area contributed by atoms with Crippen LogP contribution < -0.4 is 5.32 Å². The lowest BCUT2D eigenvalue weighted by Gasteiger charge is -2.20. The Balaban J connectivity index is 1.53. The van der Waals surface area contributed by atoms with Crippen molar-refractivity contribution in [1.82, 2.24) is 20.1 Å². The van der Waals surface area contributed by atoms with Gasteiger partial charge in [-0.15, -0.1) is 0 Å². The van der Waals surface area contributed by atoms with Crippen molar-refractivity contribution in [3.63, 3.8) is 0 Å². The van der Waals surface area contributed by atoms with Gasteiger partial charge in [-0.3, -0.25) is 14.5 Å². The third-order valence-electron chi connectivity index (χ3n) is 4.57. The predicted octanol–water partition coefficient (Wildman–Crippen LogP) is 3.85. The summed E-state index contributed by atoms with van der Waals surface area (Å²) in [6.07, 6.45) is 7.15. The Bertz CT molecular complexity index is 974. The minimum atomic E-state index is -0.236. The molecule has 4 aromatic rings. The molecule has 0 aliphatic heterocycles. The molecule has 1 N–H and O–H groups in total. The molecule has 0 spiro atoms. The second-order valence-electron chi connectivity index (χ2n) is 6.50. The van der Waals surface area contributed by atoms with E-state index in [1.807, 2.05) is 83.7 Å². The fourth-order valence-electron chi connectivity index (χ4n) is 3.12. The molecular formula is C23H20N4O. The number of carbonyl (C=O) groups is 1. The van der Waals surface area contributed by atoms with E-state index in [1.54, 1.807) is 18.6 Å².